The highest BCUT2D eigenvalue weighted by molar-refractivity contribution is 7.15. The maximum absolute atomic E-state index is 11.7. The fourth-order valence-electron chi connectivity index (χ4n) is 3.62. The Hall–Kier alpha value is -2.91. The van der Waals surface area contributed by atoms with Crippen molar-refractivity contribution in [1.29, 1.82) is 0 Å². The summed E-state index contributed by atoms with van der Waals surface area (Å²) < 4.78 is 8.30. The van der Waals surface area contributed by atoms with Crippen molar-refractivity contribution in [3.05, 3.63) is 75.9 Å². The van der Waals surface area contributed by atoms with Gasteiger partial charge in [-0.15, -0.1) is 11.3 Å². The minimum atomic E-state index is -0.412. The fraction of sp³-hybridized carbons (Fsp3) is 0.250. The van der Waals surface area contributed by atoms with Crippen LogP contribution in [-0.4, -0.2) is 28.4 Å². The number of benzene rings is 1. The number of ether oxygens (including phenoxy) is 1. The molecule has 3 heterocycles. The van der Waals surface area contributed by atoms with E-state index < -0.39 is 5.91 Å². The molecule has 0 spiro atoms. The second kappa shape index (κ2) is 10.4. The summed E-state index contributed by atoms with van der Waals surface area (Å²) in [4.78, 5) is 18.0. The van der Waals surface area contributed by atoms with Crippen LogP contribution >= 0.6 is 22.9 Å². The molecule has 4 aromatic rings. The molecule has 5 N–H and O–H groups in total. The van der Waals surface area contributed by atoms with Crippen molar-refractivity contribution in [3.63, 3.8) is 0 Å². The molecule has 0 aliphatic rings. The van der Waals surface area contributed by atoms with Crippen LogP contribution in [0.2, 0.25) is 5.02 Å². The lowest BCUT2D eigenvalue weighted by atomic mass is 10.1. The van der Waals surface area contributed by atoms with Crippen molar-refractivity contribution >= 4 is 34.5 Å². The summed E-state index contributed by atoms with van der Waals surface area (Å²) in [6.45, 7) is 3.99. The van der Waals surface area contributed by atoms with E-state index in [1.807, 2.05) is 60.0 Å². The number of nitrogens with zero attached hydrogens (tertiary/aromatic N) is 2. The highest BCUT2D eigenvalue weighted by Gasteiger charge is 2.20. The molecule has 33 heavy (non-hydrogen) atoms. The van der Waals surface area contributed by atoms with Gasteiger partial charge in [0.1, 0.15) is 17.5 Å². The quantitative estimate of drug-likeness (QED) is 0.296. The summed E-state index contributed by atoms with van der Waals surface area (Å²) in [6.07, 6.45) is 3.69. The first-order chi connectivity index (χ1) is 16.0. The van der Waals surface area contributed by atoms with Crippen LogP contribution in [0.3, 0.4) is 0 Å². The highest BCUT2D eigenvalue weighted by atomic mass is 35.5. The van der Waals surface area contributed by atoms with Crippen molar-refractivity contribution in [3.8, 4) is 16.3 Å². The van der Waals surface area contributed by atoms with Crippen molar-refractivity contribution in [1.82, 2.24) is 14.7 Å². The third kappa shape index (κ3) is 5.36. The molecule has 0 saturated carbocycles. The number of imidazole rings is 1. The second-order valence-corrected chi connectivity index (χ2v) is 9.24. The van der Waals surface area contributed by atoms with Gasteiger partial charge in [-0.2, -0.15) is 0 Å². The molecule has 4 rings (SSSR count). The largest absolute Gasteiger partial charge is 0.485 e. The Morgan fingerprint density at radius 2 is 2.12 bits per heavy atom. The van der Waals surface area contributed by atoms with E-state index in [9.17, 15) is 4.79 Å². The van der Waals surface area contributed by atoms with E-state index in [2.05, 4.69) is 16.5 Å². The van der Waals surface area contributed by atoms with Crippen molar-refractivity contribution in [2.45, 2.75) is 26.0 Å². The molecule has 0 fully saturated rings. The number of carbonyl (C=O) groups excluding carboxylic acids is 1. The Labute approximate surface area is 201 Å². The maximum Gasteiger partial charge on any atom is 0.222 e. The number of carbonyl (C=O) groups is 1. The Kier molecular flexibility index (Phi) is 7.29. The Balaban J connectivity index is 1.67. The van der Waals surface area contributed by atoms with Gasteiger partial charge < -0.3 is 21.5 Å². The molecule has 0 unspecified atom stereocenters. The van der Waals surface area contributed by atoms with E-state index in [1.165, 1.54) is 11.3 Å². The van der Waals surface area contributed by atoms with Gasteiger partial charge in [-0.25, -0.2) is 4.98 Å². The van der Waals surface area contributed by atoms with Gasteiger partial charge in [-0.3, -0.25) is 9.20 Å². The number of aromatic nitrogens is 2. The number of amides is 1. The van der Waals surface area contributed by atoms with E-state index in [1.54, 1.807) is 0 Å². The molecule has 9 heteroatoms. The van der Waals surface area contributed by atoms with E-state index in [0.717, 1.165) is 38.8 Å². The first-order valence-corrected chi connectivity index (χ1v) is 11.8. The summed E-state index contributed by atoms with van der Waals surface area (Å²) in [6, 6.07) is 13.5. The van der Waals surface area contributed by atoms with Crippen molar-refractivity contribution < 1.29 is 9.53 Å². The summed E-state index contributed by atoms with van der Waals surface area (Å²) >= 11 is 7.82. The molecular weight excluding hydrogens is 458 g/mol. The van der Waals surface area contributed by atoms with Gasteiger partial charge in [-0.1, -0.05) is 35.9 Å². The maximum atomic E-state index is 11.7. The number of nitrogens with two attached hydrogens (primary N) is 2. The molecule has 1 atom stereocenters. The molecule has 1 aromatic carbocycles. The minimum Gasteiger partial charge on any atom is -0.485 e. The summed E-state index contributed by atoms with van der Waals surface area (Å²) in [5, 5.41) is 3.94. The molecule has 3 aromatic heterocycles. The number of nitrogens with one attached hydrogen (secondary N) is 1. The predicted octanol–water partition coefficient (Wildman–Crippen LogP) is 3.93. The third-order valence-corrected chi connectivity index (χ3v) is 6.70. The van der Waals surface area contributed by atoms with E-state index in [-0.39, 0.29) is 12.5 Å². The lowest BCUT2D eigenvalue weighted by Gasteiger charge is -2.16. The van der Waals surface area contributed by atoms with E-state index in [4.69, 9.17) is 27.8 Å². The zero-order valence-corrected chi connectivity index (χ0v) is 19.8. The van der Waals surface area contributed by atoms with Gasteiger partial charge in [0.15, 0.2) is 0 Å². The summed E-state index contributed by atoms with van der Waals surface area (Å²) in [5.41, 5.74) is 14.8. The molecule has 0 aliphatic carbocycles. The number of hydrogen-bond donors (Lipinski definition) is 3. The number of thiophene rings is 1. The van der Waals surface area contributed by atoms with Gasteiger partial charge in [0.25, 0.3) is 0 Å². The van der Waals surface area contributed by atoms with Gasteiger partial charge in [0.05, 0.1) is 28.1 Å². The molecule has 0 aliphatic heterocycles. The number of fused-ring (bicyclic) bond motifs is 1. The summed E-state index contributed by atoms with van der Waals surface area (Å²) in [5.74, 6) is 0.210. The van der Waals surface area contributed by atoms with Crippen molar-refractivity contribution in [2.24, 2.45) is 11.5 Å². The minimum absolute atomic E-state index is 0.0975. The van der Waals surface area contributed by atoms with Gasteiger partial charge in [0.2, 0.25) is 5.91 Å². The molecule has 0 bridgehead atoms. The molecule has 0 radical (unpaired) electrons. The Bertz CT molecular complexity index is 1270. The van der Waals surface area contributed by atoms with Gasteiger partial charge in [0, 0.05) is 42.5 Å². The lowest BCUT2D eigenvalue weighted by molar-refractivity contribution is -0.117. The first kappa shape index (κ1) is 23.3. The van der Waals surface area contributed by atoms with Crippen LogP contribution in [-0.2, 0) is 17.8 Å². The zero-order chi connectivity index (χ0) is 23.4. The van der Waals surface area contributed by atoms with Crippen LogP contribution in [0, 0.1) is 0 Å². The monoisotopic (exact) mass is 483 g/mol. The van der Waals surface area contributed by atoms with Gasteiger partial charge >= 0.3 is 0 Å². The van der Waals surface area contributed by atoms with Crippen LogP contribution in [0.5, 0.6) is 5.75 Å². The number of primary amides is 1. The van der Waals surface area contributed by atoms with Gasteiger partial charge in [-0.05, 0) is 24.6 Å². The van der Waals surface area contributed by atoms with Crippen molar-refractivity contribution in [2.75, 3.05) is 13.1 Å². The molecule has 172 valence electrons. The summed E-state index contributed by atoms with van der Waals surface area (Å²) in [7, 11) is 0. The first-order valence-electron chi connectivity index (χ1n) is 10.7. The number of halogens is 1. The molecule has 7 nitrogen and oxygen atoms in total. The van der Waals surface area contributed by atoms with Crippen LogP contribution in [0.15, 0.2) is 54.9 Å². The topological polar surface area (TPSA) is 108 Å². The zero-order valence-electron chi connectivity index (χ0n) is 18.3. The second-order valence-electron chi connectivity index (χ2n) is 7.70. The number of rotatable bonds is 10. The average molecular weight is 484 g/mol. The lowest BCUT2D eigenvalue weighted by Crippen LogP contribution is -2.21. The fourth-order valence-corrected chi connectivity index (χ4v) is 5.02. The smallest absolute Gasteiger partial charge is 0.222 e. The van der Waals surface area contributed by atoms with Crippen LogP contribution < -0.4 is 21.5 Å². The highest BCUT2D eigenvalue weighted by Crippen LogP contribution is 2.39. The number of hydrogen-bond acceptors (Lipinski definition) is 6. The molecule has 1 amide bonds. The predicted molar refractivity (Wildman–Crippen MR) is 133 cm³/mol. The van der Waals surface area contributed by atoms with Crippen LogP contribution in [0.25, 0.3) is 16.2 Å². The Morgan fingerprint density at radius 1 is 1.30 bits per heavy atom. The third-order valence-electron chi connectivity index (χ3n) is 5.22. The van der Waals surface area contributed by atoms with E-state index in [0.29, 0.717) is 23.9 Å². The standard InChI is InChI=1S/C24H26ClN5O2S/c1-15(17-4-2-3-5-18(17)25)32-20-10-21(33-22(20)11-23(27)31)19-13-29-24-7-6-16(14-30(19)24)12-28-9-8-26/h2-7,10,13-15,28H,8-9,11-12,26H2,1H3,(H2,27,31)/t15-/m1/s1. The number of pyridine rings is 1. The molecule has 0 saturated heterocycles. The van der Waals surface area contributed by atoms with E-state index >= 15 is 0 Å². The Morgan fingerprint density at radius 3 is 2.88 bits per heavy atom. The molecular formula is C24H26ClN5O2S. The average Bonchev–Trinajstić information content (AvgIpc) is 3.37. The SMILES string of the molecule is C[C@@H](Oc1cc(-c2cnc3ccc(CNCCN)cn23)sc1CC(N)=O)c1ccccc1Cl. The normalized spacial score (nSPS) is 12.2. The van der Waals surface area contributed by atoms with Crippen LogP contribution in [0.4, 0.5) is 0 Å². The van der Waals surface area contributed by atoms with Crippen LogP contribution in [0.1, 0.15) is 29.0 Å².